The minimum absolute atomic E-state index is 0.0249. The van der Waals surface area contributed by atoms with Crippen LogP contribution in [-0.2, 0) is 44.9 Å². The standard InChI is InChI=1S/C38H38N4O7/c43-30-18-16-29(17-19-30)23-32-36(45)40(25-34-41(32)37(46)33(49-42(34)38(47)48)24-28-14-8-3-9-15-28)31(22-27-12-6-2-7-13-27)35(44)39-21-20-26-10-4-1-5-11-26/h1-19,31-34,43H,20-25H2,(H,39,44)(H,47,48)/t31-,32-,33+,34?/m0/s1. The number of carbonyl (C=O) groups is 4. The molecule has 2 aliphatic rings. The Hall–Kier alpha value is -5.68. The highest BCUT2D eigenvalue weighted by Gasteiger charge is 2.54. The number of nitrogens with one attached hydrogen (secondary N) is 1. The Morgan fingerprint density at radius 3 is 1.94 bits per heavy atom. The number of nitrogens with zero attached hydrogens (tertiary/aromatic N) is 3. The molecule has 6 rings (SSSR count). The molecular weight excluding hydrogens is 624 g/mol. The van der Waals surface area contributed by atoms with Gasteiger partial charge in [-0.15, -0.1) is 0 Å². The maximum Gasteiger partial charge on any atom is 0.433 e. The van der Waals surface area contributed by atoms with Crippen molar-refractivity contribution in [3.05, 3.63) is 138 Å². The van der Waals surface area contributed by atoms with E-state index in [1.807, 2.05) is 91.0 Å². The number of phenols is 1. The van der Waals surface area contributed by atoms with Gasteiger partial charge in [-0.05, 0) is 40.8 Å². The molecule has 4 amide bonds. The quantitative estimate of drug-likeness (QED) is 0.222. The minimum Gasteiger partial charge on any atom is -0.508 e. The number of phenolic OH excluding ortho intramolecular Hbond substituents is 1. The van der Waals surface area contributed by atoms with Gasteiger partial charge in [0.15, 0.2) is 12.3 Å². The van der Waals surface area contributed by atoms with Crippen LogP contribution in [0.1, 0.15) is 22.3 Å². The van der Waals surface area contributed by atoms with Crippen molar-refractivity contribution in [3.8, 4) is 5.75 Å². The molecule has 4 aromatic carbocycles. The summed E-state index contributed by atoms with van der Waals surface area (Å²) in [6.45, 7) is 0.0529. The van der Waals surface area contributed by atoms with Crippen LogP contribution < -0.4 is 5.32 Å². The lowest BCUT2D eigenvalue weighted by Gasteiger charge is -2.53. The van der Waals surface area contributed by atoms with Gasteiger partial charge in [0.25, 0.3) is 5.91 Å². The average molecular weight is 663 g/mol. The molecule has 11 heteroatoms. The fraction of sp³-hybridized carbons (Fsp3) is 0.263. The molecular formula is C38H38N4O7. The van der Waals surface area contributed by atoms with E-state index in [4.69, 9.17) is 4.84 Å². The summed E-state index contributed by atoms with van der Waals surface area (Å²) in [7, 11) is 0. The number of amides is 4. The van der Waals surface area contributed by atoms with Crippen LogP contribution in [0.15, 0.2) is 115 Å². The van der Waals surface area contributed by atoms with E-state index in [1.165, 1.54) is 21.9 Å². The Labute approximate surface area is 284 Å². The van der Waals surface area contributed by atoms with Crippen molar-refractivity contribution in [2.45, 2.75) is 50.0 Å². The van der Waals surface area contributed by atoms with E-state index in [9.17, 15) is 29.4 Å². The maximum atomic E-state index is 14.7. The van der Waals surface area contributed by atoms with Crippen molar-refractivity contribution in [2.24, 2.45) is 0 Å². The zero-order valence-corrected chi connectivity index (χ0v) is 26.8. The van der Waals surface area contributed by atoms with Gasteiger partial charge in [0.05, 0.1) is 6.54 Å². The first-order valence-corrected chi connectivity index (χ1v) is 16.3. The third kappa shape index (κ3) is 7.73. The number of hydroxylamine groups is 2. The van der Waals surface area contributed by atoms with Crippen molar-refractivity contribution in [3.63, 3.8) is 0 Å². The smallest absolute Gasteiger partial charge is 0.433 e. The lowest BCUT2D eigenvalue weighted by Crippen LogP contribution is -2.75. The largest absolute Gasteiger partial charge is 0.508 e. The molecule has 0 radical (unpaired) electrons. The van der Waals surface area contributed by atoms with Gasteiger partial charge in [-0.3, -0.25) is 19.2 Å². The van der Waals surface area contributed by atoms with E-state index in [1.54, 1.807) is 12.1 Å². The number of hydrogen-bond acceptors (Lipinski definition) is 6. The monoisotopic (exact) mass is 662 g/mol. The molecule has 2 aliphatic heterocycles. The molecule has 0 bridgehead atoms. The number of aromatic hydroxyl groups is 1. The van der Waals surface area contributed by atoms with E-state index >= 15 is 0 Å². The van der Waals surface area contributed by atoms with Gasteiger partial charge < -0.3 is 25.3 Å². The Bertz CT molecular complexity index is 1760. The molecule has 3 N–H and O–H groups in total. The van der Waals surface area contributed by atoms with Gasteiger partial charge in [0.1, 0.15) is 17.8 Å². The van der Waals surface area contributed by atoms with Gasteiger partial charge in [-0.2, -0.15) is 5.06 Å². The highest BCUT2D eigenvalue weighted by Crippen LogP contribution is 2.32. The van der Waals surface area contributed by atoms with Gasteiger partial charge in [0, 0.05) is 25.8 Å². The van der Waals surface area contributed by atoms with Crippen LogP contribution in [-0.4, -0.2) is 86.3 Å². The lowest BCUT2D eigenvalue weighted by molar-refractivity contribution is -0.265. The summed E-state index contributed by atoms with van der Waals surface area (Å²) in [5.41, 5.74) is 3.26. The molecule has 2 fully saturated rings. The maximum absolute atomic E-state index is 14.7. The van der Waals surface area contributed by atoms with E-state index in [0.29, 0.717) is 18.5 Å². The summed E-state index contributed by atoms with van der Waals surface area (Å²) in [5.74, 6) is -1.36. The first kappa shape index (κ1) is 33.2. The van der Waals surface area contributed by atoms with Crippen LogP contribution in [0.2, 0.25) is 0 Å². The topological polar surface area (TPSA) is 140 Å². The number of carboxylic acid groups (broad SMARTS) is 1. The van der Waals surface area contributed by atoms with Crippen molar-refractivity contribution >= 4 is 23.8 Å². The molecule has 4 atom stereocenters. The predicted molar refractivity (Wildman–Crippen MR) is 180 cm³/mol. The molecule has 0 aliphatic carbocycles. The van der Waals surface area contributed by atoms with Crippen LogP contribution in [0.25, 0.3) is 0 Å². The Morgan fingerprint density at radius 1 is 0.755 bits per heavy atom. The predicted octanol–water partition coefficient (Wildman–Crippen LogP) is 3.81. The fourth-order valence-corrected chi connectivity index (χ4v) is 6.50. The SMILES string of the molecule is O=C(NCCc1ccccc1)[C@H](Cc1ccccc1)N1CC2N(C(=O)O)O[C@H](Cc3ccccc3)C(=O)N2[C@@H](Cc2ccc(O)cc2)C1=O. The second kappa shape index (κ2) is 15.0. The van der Waals surface area contributed by atoms with E-state index in [0.717, 1.165) is 21.8 Å². The number of rotatable bonds is 11. The number of hydrogen-bond donors (Lipinski definition) is 3. The van der Waals surface area contributed by atoms with E-state index in [2.05, 4.69) is 5.32 Å². The van der Waals surface area contributed by atoms with Crippen LogP contribution >= 0.6 is 0 Å². The third-order valence-electron chi connectivity index (χ3n) is 8.95. The number of carbonyl (C=O) groups excluding carboxylic acids is 3. The summed E-state index contributed by atoms with van der Waals surface area (Å²) in [6.07, 6.45) is -2.97. The molecule has 49 heavy (non-hydrogen) atoms. The number of piperazine rings is 1. The molecule has 0 aromatic heterocycles. The highest BCUT2D eigenvalue weighted by atomic mass is 16.7. The third-order valence-corrected chi connectivity index (χ3v) is 8.95. The summed E-state index contributed by atoms with van der Waals surface area (Å²) in [4.78, 5) is 64.2. The van der Waals surface area contributed by atoms with Crippen molar-refractivity contribution in [1.82, 2.24) is 20.2 Å². The highest BCUT2D eigenvalue weighted by molar-refractivity contribution is 5.95. The van der Waals surface area contributed by atoms with Crippen LogP contribution in [0.5, 0.6) is 5.75 Å². The zero-order valence-electron chi connectivity index (χ0n) is 26.8. The zero-order chi connectivity index (χ0) is 34.3. The second-order valence-electron chi connectivity index (χ2n) is 12.2. The van der Waals surface area contributed by atoms with Crippen LogP contribution in [0.3, 0.4) is 0 Å². The van der Waals surface area contributed by atoms with Crippen molar-refractivity contribution < 1.29 is 34.2 Å². The molecule has 252 valence electrons. The first-order valence-electron chi connectivity index (χ1n) is 16.3. The fourth-order valence-electron chi connectivity index (χ4n) is 6.50. The molecule has 0 saturated carbocycles. The molecule has 1 unspecified atom stereocenters. The molecule has 2 heterocycles. The minimum atomic E-state index is -1.43. The second-order valence-corrected chi connectivity index (χ2v) is 12.2. The average Bonchev–Trinajstić information content (AvgIpc) is 3.11. The Morgan fingerprint density at radius 2 is 1.33 bits per heavy atom. The first-order chi connectivity index (χ1) is 23.8. The number of fused-ring (bicyclic) bond motifs is 1. The van der Waals surface area contributed by atoms with Gasteiger partial charge in [-0.25, -0.2) is 4.79 Å². The van der Waals surface area contributed by atoms with Crippen LogP contribution in [0, 0.1) is 0 Å². The molecule has 0 spiro atoms. The van der Waals surface area contributed by atoms with Crippen molar-refractivity contribution in [1.29, 1.82) is 0 Å². The number of benzene rings is 4. The van der Waals surface area contributed by atoms with Gasteiger partial charge in [-0.1, -0.05) is 103 Å². The summed E-state index contributed by atoms with van der Waals surface area (Å²) in [5, 5.41) is 24.0. The van der Waals surface area contributed by atoms with E-state index in [-0.39, 0.29) is 31.6 Å². The Kier molecular flexibility index (Phi) is 10.2. The summed E-state index contributed by atoms with van der Waals surface area (Å²) in [6, 6.07) is 32.2. The summed E-state index contributed by atoms with van der Waals surface area (Å²) < 4.78 is 0. The van der Waals surface area contributed by atoms with E-state index < -0.39 is 48.2 Å². The van der Waals surface area contributed by atoms with Gasteiger partial charge in [0.2, 0.25) is 11.8 Å². The molecule has 4 aromatic rings. The lowest BCUT2D eigenvalue weighted by atomic mass is 9.94. The Balaban J connectivity index is 1.35. The normalized spacial score (nSPS) is 19.7. The summed E-state index contributed by atoms with van der Waals surface area (Å²) >= 11 is 0. The molecule has 11 nitrogen and oxygen atoms in total. The van der Waals surface area contributed by atoms with Crippen LogP contribution in [0.4, 0.5) is 4.79 Å². The molecule has 2 saturated heterocycles. The van der Waals surface area contributed by atoms with Gasteiger partial charge >= 0.3 is 6.09 Å². The van der Waals surface area contributed by atoms with Crippen molar-refractivity contribution in [2.75, 3.05) is 13.1 Å².